The minimum Gasteiger partial charge on any atom is -0.361 e. The highest BCUT2D eigenvalue weighted by Crippen LogP contribution is 2.18. The quantitative estimate of drug-likeness (QED) is 0.789. The molecule has 3 rings (SSSR count). The first-order valence-electron chi connectivity index (χ1n) is 7.82. The molecule has 1 aliphatic carbocycles. The van der Waals surface area contributed by atoms with Gasteiger partial charge in [0.2, 0.25) is 0 Å². The summed E-state index contributed by atoms with van der Waals surface area (Å²) in [5.74, 6) is 0. The smallest absolute Gasteiger partial charge is 0.0859 e. The maximum Gasteiger partial charge on any atom is 0.0859 e. The number of fused-ring (bicyclic) bond motifs is 1. The highest BCUT2D eigenvalue weighted by Gasteiger charge is 2.14. The molecular formula is C17H25N2+. The lowest BCUT2D eigenvalue weighted by Gasteiger charge is -2.12. The van der Waals surface area contributed by atoms with Crippen molar-refractivity contribution in [3.8, 4) is 0 Å². The Morgan fingerprint density at radius 1 is 1.05 bits per heavy atom. The summed E-state index contributed by atoms with van der Waals surface area (Å²) < 4.78 is 0. The molecule has 2 nitrogen and oxygen atoms in total. The standard InChI is InChI=1S/C17H24N2/c1-2-4-8-15(7-3-1)18-12-11-14-13-19-17-10-6-5-9-16(14)17/h5-6,9-10,13,15,18-19H,1-4,7-8,11-12H2/p+1. The van der Waals surface area contributed by atoms with Crippen LogP contribution in [0.5, 0.6) is 0 Å². The van der Waals surface area contributed by atoms with E-state index in [1.54, 1.807) is 0 Å². The van der Waals surface area contributed by atoms with Crippen molar-refractivity contribution >= 4 is 10.9 Å². The van der Waals surface area contributed by atoms with Gasteiger partial charge in [0.05, 0.1) is 12.6 Å². The molecule has 102 valence electrons. The minimum atomic E-state index is 0.882. The average molecular weight is 257 g/mol. The molecule has 0 aliphatic heterocycles. The third-order valence-corrected chi connectivity index (χ3v) is 4.49. The second-order valence-electron chi connectivity index (χ2n) is 5.89. The number of aromatic amines is 1. The molecule has 2 aromatic rings. The normalized spacial score (nSPS) is 17.7. The van der Waals surface area contributed by atoms with Crippen LogP contribution in [0.1, 0.15) is 44.1 Å². The van der Waals surface area contributed by atoms with Crippen LogP contribution in [-0.2, 0) is 6.42 Å². The van der Waals surface area contributed by atoms with Crippen molar-refractivity contribution in [2.75, 3.05) is 6.54 Å². The zero-order valence-electron chi connectivity index (χ0n) is 11.7. The van der Waals surface area contributed by atoms with Gasteiger partial charge in [-0.15, -0.1) is 0 Å². The van der Waals surface area contributed by atoms with E-state index in [-0.39, 0.29) is 0 Å². The van der Waals surface area contributed by atoms with E-state index in [0.29, 0.717) is 0 Å². The van der Waals surface area contributed by atoms with Crippen molar-refractivity contribution in [1.82, 2.24) is 4.98 Å². The molecule has 1 saturated carbocycles. The fourth-order valence-corrected chi connectivity index (χ4v) is 3.36. The lowest BCUT2D eigenvalue weighted by atomic mass is 10.1. The predicted molar refractivity (Wildman–Crippen MR) is 80.3 cm³/mol. The summed E-state index contributed by atoms with van der Waals surface area (Å²) in [7, 11) is 0. The molecule has 0 radical (unpaired) electrons. The first-order valence-corrected chi connectivity index (χ1v) is 7.82. The van der Waals surface area contributed by atoms with Crippen LogP contribution in [0, 0.1) is 0 Å². The van der Waals surface area contributed by atoms with Crippen molar-refractivity contribution in [3.63, 3.8) is 0 Å². The molecule has 1 aromatic heterocycles. The zero-order chi connectivity index (χ0) is 12.9. The fourth-order valence-electron chi connectivity index (χ4n) is 3.36. The largest absolute Gasteiger partial charge is 0.361 e. The van der Waals surface area contributed by atoms with Gasteiger partial charge in [0, 0.05) is 23.5 Å². The Morgan fingerprint density at radius 2 is 1.84 bits per heavy atom. The number of para-hydroxylation sites is 1. The maximum atomic E-state index is 3.37. The molecule has 1 aromatic carbocycles. The van der Waals surface area contributed by atoms with Crippen LogP contribution in [0.4, 0.5) is 0 Å². The van der Waals surface area contributed by atoms with Crippen molar-refractivity contribution < 1.29 is 5.32 Å². The minimum absolute atomic E-state index is 0.882. The summed E-state index contributed by atoms with van der Waals surface area (Å²) in [6, 6.07) is 9.50. The lowest BCUT2D eigenvalue weighted by Crippen LogP contribution is -2.90. The molecule has 1 fully saturated rings. The second-order valence-corrected chi connectivity index (χ2v) is 5.89. The van der Waals surface area contributed by atoms with E-state index in [4.69, 9.17) is 0 Å². The summed E-state index contributed by atoms with van der Waals surface area (Å²) in [4.78, 5) is 3.37. The number of H-pyrrole nitrogens is 1. The lowest BCUT2D eigenvalue weighted by molar-refractivity contribution is -0.690. The van der Waals surface area contributed by atoms with Crippen molar-refractivity contribution in [2.24, 2.45) is 0 Å². The van der Waals surface area contributed by atoms with Gasteiger partial charge >= 0.3 is 0 Å². The summed E-state index contributed by atoms with van der Waals surface area (Å²) in [5.41, 5.74) is 2.74. The number of quaternary nitrogens is 1. The Kier molecular flexibility index (Phi) is 4.19. The molecule has 0 bridgehead atoms. The Labute approximate surface area is 115 Å². The molecule has 0 unspecified atom stereocenters. The number of hydrogen-bond donors (Lipinski definition) is 2. The summed E-state index contributed by atoms with van der Waals surface area (Å²) >= 11 is 0. The van der Waals surface area contributed by atoms with Crippen LogP contribution in [0.25, 0.3) is 10.9 Å². The molecule has 2 heteroatoms. The third-order valence-electron chi connectivity index (χ3n) is 4.49. The molecule has 1 heterocycles. The first kappa shape index (κ1) is 12.7. The van der Waals surface area contributed by atoms with Gasteiger partial charge in [0.25, 0.3) is 0 Å². The van der Waals surface area contributed by atoms with Crippen LogP contribution in [-0.4, -0.2) is 17.6 Å². The molecule has 0 spiro atoms. The Balaban J connectivity index is 1.54. The third kappa shape index (κ3) is 3.19. The van der Waals surface area contributed by atoms with Crippen molar-refractivity contribution in [1.29, 1.82) is 0 Å². The number of nitrogens with one attached hydrogen (secondary N) is 1. The molecule has 0 amide bonds. The van der Waals surface area contributed by atoms with Crippen LogP contribution in [0.2, 0.25) is 0 Å². The molecule has 19 heavy (non-hydrogen) atoms. The van der Waals surface area contributed by atoms with E-state index >= 15 is 0 Å². The van der Waals surface area contributed by atoms with E-state index in [2.05, 4.69) is 40.8 Å². The SMILES string of the molecule is c1ccc2c(CC[NH2+]C3CCCCCC3)c[nH]c2c1. The Morgan fingerprint density at radius 3 is 2.68 bits per heavy atom. The number of benzene rings is 1. The number of rotatable bonds is 4. The summed E-state index contributed by atoms with van der Waals surface area (Å²) in [6.45, 7) is 1.23. The molecule has 3 N–H and O–H groups in total. The predicted octanol–water partition coefficient (Wildman–Crippen LogP) is 3.00. The number of hydrogen-bond acceptors (Lipinski definition) is 0. The summed E-state index contributed by atoms with van der Waals surface area (Å²) in [6.07, 6.45) is 12.0. The van der Waals surface area contributed by atoms with Crippen LogP contribution >= 0.6 is 0 Å². The monoisotopic (exact) mass is 257 g/mol. The molecular weight excluding hydrogens is 232 g/mol. The summed E-state index contributed by atoms with van der Waals surface area (Å²) in [5, 5.41) is 3.99. The number of nitrogens with two attached hydrogens (primary N) is 1. The van der Waals surface area contributed by atoms with E-state index < -0.39 is 0 Å². The zero-order valence-corrected chi connectivity index (χ0v) is 11.7. The molecule has 1 aliphatic rings. The highest BCUT2D eigenvalue weighted by molar-refractivity contribution is 5.82. The topological polar surface area (TPSA) is 32.4 Å². The number of aromatic nitrogens is 1. The van der Waals surface area contributed by atoms with E-state index in [1.807, 2.05) is 0 Å². The van der Waals surface area contributed by atoms with E-state index in [0.717, 1.165) is 6.04 Å². The van der Waals surface area contributed by atoms with Gasteiger partial charge in [0.15, 0.2) is 0 Å². The second kappa shape index (κ2) is 6.25. The van der Waals surface area contributed by atoms with Gasteiger partial charge in [-0.1, -0.05) is 31.0 Å². The molecule has 0 saturated heterocycles. The van der Waals surface area contributed by atoms with Gasteiger partial charge in [-0.3, -0.25) is 0 Å². The van der Waals surface area contributed by atoms with Crippen LogP contribution in [0.3, 0.4) is 0 Å². The maximum absolute atomic E-state index is 3.37. The van der Waals surface area contributed by atoms with E-state index in [9.17, 15) is 0 Å². The Bertz CT molecular complexity index is 507. The highest BCUT2D eigenvalue weighted by atomic mass is 14.9. The van der Waals surface area contributed by atoms with Crippen molar-refractivity contribution in [3.05, 3.63) is 36.0 Å². The van der Waals surface area contributed by atoms with Crippen LogP contribution < -0.4 is 5.32 Å². The average Bonchev–Trinajstić information content (AvgIpc) is 2.68. The van der Waals surface area contributed by atoms with Gasteiger partial charge in [-0.2, -0.15) is 0 Å². The Hall–Kier alpha value is -1.28. The molecule has 0 atom stereocenters. The van der Waals surface area contributed by atoms with Gasteiger partial charge in [-0.05, 0) is 37.3 Å². The van der Waals surface area contributed by atoms with Crippen LogP contribution in [0.15, 0.2) is 30.5 Å². The van der Waals surface area contributed by atoms with Gasteiger partial charge in [0.1, 0.15) is 0 Å². The fraction of sp³-hybridized carbons (Fsp3) is 0.529. The van der Waals surface area contributed by atoms with E-state index in [1.165, 1.54) is 68.0 Å². The van der Waals surface area contributed by atoms with Gasteiger partial charge in [-0.25, -0.2) is 0 Å². The van der Waals surface area contributed by atoms with Gasteiger partial charge < -0.3 is 10.3 Å². The first-order chi connectivity index (χ1) is 9.43. The van der Waals surface area contributed by atoms with Crippen molar-refractivity contribution in [2.45, 2.75) is 51.0 Å².